The van der Waals surface area contributed by atoms with Crippen molar-refractivity contribution in [1.82, 2.24) is 15.1 Å². The lowest BCUT2D eigenvalue weighted by Crippen LogP contribution is -2.55. The minimum Gasteiger partial charge on any atom is -0.379 e. The lowest BCUT2D eigenvalue weighted by atomic mass is 9.79. The maximum absolute atomic E-state index is 11.1. The average molecular weight is 417 g/mol. The predicted octanol–water partition coefficient (Wildman–Crippen LogP) is 1.46. The van der Waals surface area contributed by atoms with Crippen LogP contribution in [0.25, 0.3) is 0 Å². The molecular formula is C20H40N4O3S. The molecule has 0 unspecified atom stereocenters. The number of nitrogens with one attached hydrogen (secondary N) is 1. The van der Waals surface area contributed by atoms with Crippen molar-refractivity contribution in [3.8, 4) is 0 Å². The van der Waals surface area contributed by atoms with E-state index in [4.69, 9.17) is 4.74 Å². The summed E-state index contributed by atoms with van der Waals surface area (Å²) in [5.74, 6) is 2.72. The van der Waals surface area contributed by atoms with Gasteiger partial charge in [0.05, 0.1) is 19.0 Å². The Labute approximate surface area is 171 Å². The number of nitrogens with zero attached hydrogens (tertiary/aromatic N) is 3. The summed E-state index contributed by atoms with van der Waals surface area (Å²) in [6, 6.07) is 0.760. The van der Waals surface area contributed by atoms with Crippen LogP contribution in [0.4, 0.5) is 0 Å². The fourth-order valence-corrected chi connectivity index (χ4v) is 4.73. The zero-order chi connectivity index (χ0) is 20.6. The summed E-state index contributed by atoms with van der Waals surface area (Å²) >= 11 is 0. The van der Waals surface area contributed by atoms with Crippen molar-refractivity contribution in [2.45, 2.75) is 45.6 Å². The third-order valence-electron chi connectivity index (χ3n) is 6.15. The number of aliphatic imine (C=N–C) groups is 1. The van der Waals surface area contributed by atoms with E-state index < -0.39 is 9.84 Å². The highest BCUT2D eigenvalue weighted by atomic mass is 32.2. The Balaban J connectivity index is 1.64. The van der Waals surface area contributed by atoms with Gasteiger partial charge in [-0.05, 0) is 37.5 Å². The second kappa shape index (κ2) is 11.4. The average Bonchev–Trinajstić information content (AvgIpc) is 2.67. The third-order valence-corrected chi connectivity index (χ3v) is 7.06. The van der Waals surface area contributed by atoms with E-state index in [9.17, 15) is 8.42 Å². The first-order valence-corrected chi connectivity index (χ1v) is 12.8. The van der Waals surface area contributed by atoms with Crippen molar-refractivity contribution in [1.29, 1.82) is 0 Å². The Morgan fingerprint density at radius 3 is 2.29 bits per heavy atom. The van der Waals surface area contributed by atoms with E-state index in [2.05, 4.69) is 34.0 Å². The normalized spacial score (nSPS) is 25.3. The molecule has 164 valence electrons. The molecule has 7 nitrogen and oxygen atoms in total. The number of sulfone groups is 1. The highest BCUT2D eigenvalue weighted by Gasteiger charge is 2.29. The van der Waals surface area contributed by atoms with Gasteiger partial charge in [-0.1, -0.05) is 13.8 Å². The fourth-order valence-electron chi connectivity index (χ4n) is 4.31. The largest absolute Gasteiger partial charge is 0.379 e. The van der Waals surface area contributed by atoms with Gasteiger partial charge in [-0.3, -0.25) is 9.89 Å². The van der Waals surface area contributed by atoms with Crippen LogP contribution in [0.3, 0.4) is 0 Å². The van der Waals surface area contributed by atoms with Gasteiger partial charge in [-0.2, -0.15) is 0 Å². The topological polar surface area (TPSA) is 74.2 Å². The molecule has 1 saturated carbocycles. The van der Waals surface area contributed by atoms with Crippen molar-refractivity contribution < 1.29 is 13.2 Å². The maximum atomic E-state index is 11.1. The zero-order valence-electron chi connectivity index (χ0n) is 18.2. The van der Waals surface area contributed by atoms with Gasteiger partial charge >= 0.3 is 0 Å². The minimum atomic E-state index is -2.95. The van der Waals surface area contributed by atoms with Crippen molar-refractivity contribution >= 4 is 15.8 Å². The van der Waals surface area contributed by atoms with Gasteiger partial charge in [0.15, 0.2) is 5.96 Å². The van der Waals surface area contributed by atoms with Crippen LogP contribution in [-0.4, -0.2) is 95.2 Å². The number of piperazine rings is 1. The van der Waals surface area contributed by atoms with E-state index in [-0.39, 0.29) is 12.4 Å². The van der Waals surface area contributed by atoms with Gasteiger partial charge in [0.2, 0.25) is 0 Å². The van der Waals surface area contributed by atoms with E-state index in [1.54, 1.807) is 0 Å². The fraction of sp³-hybridized carbons (Fsp3) is 0.950. The molecule has 2 rings (SSSR count). The number of hydrogen-bond donors (Lipinski definition) is 1. The maximum Gasteiger partial charge on any atom is 0.193 e. The van der Waals surface area contributed by atoms with E-state index in [0.717, 1.165) is 50.0 Å². The highest BCUT2D eigenvalue weighted by Crippen LogP contribution is 2.32. The van der Waals surface area contributed by atoms with Gasteiger partial charge in [0.1, 0.15) is 9.84 Å². The lowest BCUT2D eigenvalue weighted by molar-refractivity contribution is 0.0861. The summed E-state index contributed by atoms with van der Waals surface area (Å²) in [5, 5.41) is 3.33. The number of ether oxygens (including phenoxy) is 1. The molecule has 1 N–H and O–H groups in total. The number of hydrogen-bond acceptors (Lipinski definition) is 5. The van der Waals surface area contributed by atoms with Gasteiger partial charge in [0.25, 0.3) is 0 Å². The molecule has 0 atom stereocenters. The molecule has 2 fully saturated rings. The second-order valence-corrected chi connectivity index (χ2v) is 10.8. The predicted molar refractivity (Wildman–Crippen MR) is 116 cm³/mol. The first kappa shape index (κ1) is 23.4. The van der Waals surface area contributed by atoms with Crippen LogP contribution in [0.5, 0.6) is 0 Å². The van der Waals surface area contributed by atoms with E-state index >= 15 is 0 Å². The van der Waals surface area contributed by atoms with Gasteiger partial charge in [-0.25, -0.2) is 8.42 Å². The van der Waals surface area contributed by atoms with Crippen molar-refractivity contribution in [2.24, 2.45) is 16.8 Å². The minimum absolute atomic E-state index is 0.0722. The number of guanidine groups is 1. The van der Waals surface area contributed by atoms with Gasteiger partial charge in [-0.15, -0.1) is 0 Å². The summed E-state index contributed by atoms with van der Waals surface area (Å²) in [4.78, 5) is 9.38. The van der Waals surface area contributed by atoms with Crippen LogP contribution < -0.4 is 5.32 Å². The van der Waals surface area contributed by atoms with Crippen LogP contribution in [0.2, 0.25) is 0 Å². The van der Waals surface area contributed by atoms with Crippen molar-refractivity contribution in [3.63, 3.8) is 0 Å². The summed E-state index contributed by atoms with van der Waals surface area (Å²) in [6.45, 7) is 10.3. The lowest BCUT2D eigenvalue weighted by Gasteiger charge is -2.43. The van der Waals surface area contributed by atoms with Gasteiger partial charge < -0.3 is 15.0 Å². The van der Waals surface area contributed by atoms with E-state index in [1.165, 1.54) is 31.9 Å². The molecule has 1 aliphatic heterocycles. The van der Waals surface area contributed by atoms with Crippen LogP contribution in [0.15, 0.2) is 4.99 Å². The Morgan fingerprint density at radius 2 is 1.75 bits per heavy atom. The third kappa shape index (κ3) is 7.87. The molecule has 1 heterocycles. The summed E-state index contributed by atoms with van der Waals surface area (Å²) in [6.07, 6.45) is 6.68. The van der Waals surface area contributed by atoms with Crippen LogP contribution in [0.1, 0.15) is 39.5 Å². The molecule has 1 saturated heterocycles. The number of rotatable bonds is 8. The smallest absolute Gasteiger partial charge is 0.193 e. The SMILES string of the molecule is CN=C(NCCOCCS(C)(=O)=O)N1CCN(C2CCC(C(C)C)CC2)CC1. The molecule has 8 heteroatoms. The monoisotopic (exact) mass is 416 g/mol. The molecular weight excluding hydrogens is 376 g/mol. The summed E-state index contributed by atoms with van der Waals surface area (Å²) < 4.78 is 27.6. The molecule has 0 spiro atoms. The molecule has 0 aromatic heterocycles. The van der Waals surface area contributed by atoms with Crippen LogP contribution in [-0.2, 0) is 14.6 Å². The highest BCUT2D eigenvalue weighted by molar-refractivity contribution is 7.90. The van der Waals surface area contributed by atoms with E-state index in [1.807, 2.05) is 7.05 Å². The quantitative estimate of drug-likeness (QED) is 0.367. The molecule has 2 aliphatic rings. The zero-order valence-corrected chi connectivity index (χ0v) is 19.0. The first-order chi connectivity index (χ1) is 13.3. The molecule has 0 aromatic carbocycles. The molecule has 28 heavy (non-hydrogen) atoms. The van der Waals surface area contributed by atoms with Crippen molar-refractivity contribution in [2.75, 3.05) is 65.0 Å². The summed E-state index contributed by atoms with van der Waals surface area (Å²) in [5.41, 5.74) is 0. The van der Waals surface area contributed by atoms with Crippen LogP contribution in [0, 0.1) is 11.8 Å². The Kier molecular flexibility index (Phi) is 9.50. The van der Waals surface area contributed by atoms with Crippen molar-refractivity contribution in [3.05, 3.63) is 0 Å². The molecule has 0 radical (unpaired) electrons. The Hall–Kier alpha value is -0.860. The Morgan fingerprint density at radius 1 is 1.11 bits per heavy atom. The molecule has 1 aliphatic carbocycles. The van der Waals surface area contributed by atoms with E-state index in [0.29, 0.717) is 13.2 Å². The van der Waals surface area contributed by atoms with Crippen LogP contribution >= 0.6 is 0 Å². The Bertz CT molecular complexity index is 578. The molecule has 0 aromatic rings. The second-order valence-electron chi connectivity index (χ2n) is 8.55. The first-order valence-electron chi connectivity index (χ1n) is 10.7. The molecule has 0 amide bonds. The molecule has 0 bridgehead atoms. The summed E-state index contributed by atoms with van der Waals surface area (Å²) in [7, 11) is -1.14. The standard InChI is InChI=1S/C20H40N4O3S/c1-17(2)18-5-7-19(8-6-18)23-10-12-24(13-11-23)20(21-3)22-9-14-27-15-16-28(4,25)26/h17-19H,5-16H2,1-4H3,(H,21,22). The van der Waals surface area contributed by atoms with Gasteiger partial charge in [0, 0.05) is 52.1 Å².